The van der Waals surface area contributed by atoms with Gasteiger partial charge in [0, 0.05) is 78.2 Å². The summed E-state index contributed by atoms with van der Waals surface area (Å²) in [5, 5.41) is 14.4. The molecule has 11 N–H and O–H groups in total. The average Bonchev–Trinajstić information content (AvgIpc) is 2.83. The molecule has 0 unspecified atom stereocenters. The second-order valence-corrected chi connectivity index (χ2v) is 8.51. The van der Waals surface area contributed by atoms with Crippen LogP contribution in [0.2, 0.25) is 0 Å². The number of unbranched alkanes of at least 4 members (excludes halogenated alkanes) is 3. The molecule has 0 spiro atoms. The molecule has 0 radical (unpaired) electrons. The minimum atomic E-state index is -1.05. The summed E-state index contributed by atoms with van der Waals surface area (Å²) in [7, 11) is 0. The lowest BCUT2D eigenvalue weighted by Crippen LogP contribution is -2.42. The van der Waals surface area contributed by atoms with Gasteiger partial charge in [0.15, 0.2) is 5.78 Å². The van der Waals surface area contributed by atoms with Crippen molar-refractivity contribution in [1.29, 1.82) is 0 Å². The van der Waals surface area contributed by atoms with Gasteiger partial charge in [-0.3, -0.25) is 19.2 Å². The molecule has 204 valence electrons. The van der Waals surface area contributed by atoms with Gasteiger partial charge < -0.3 is 43.8 Å². The molecule has 0 aliphatic rings. The van der Waals surface area contributed by atoms with Gasteiger partial charge in [0.1, 0.15) is 0 Å². The second-order valence-electron chi connectivity index (χ2n) is 8.51. The standard InChI is InChI=1S/C23H48N8O4/c1-2-3-4-5-8-31-23(35)18(16-21(33)29-13-11-27-9-6-24)15-20(32)19(26)17-22(34)30-14-12-28-10-7-25/h18-19,27-28H,2-17,24-26H2,1H3,(H,29,33)(H,30,34)(H,31,35)/t18-,19+/m0/s1. The molecule has 3 amide bonds. The Morgan fingerprint density at radius 2 is 1.23 bits per heavy atom. The monoisotopic (exact) mass is 500 g/mol. The summed E-state index contributed by atoms with van der Waals surface area (Å²) in [6.45, 7) is 6.77. The van der Waals surface area contributed by atoms with E-state index in [1.54, 1.807) is 0 Å². The third kappa shape index (κ3) is 18.8. The van der Waals surface area contributed by atoms with Gasteiger partial charge in [0.2, 0.25) is 17.7 Å². The molecule has 0 fully saturated rings. The molecule has 0 aromatic heterocycles. The first kappa shape index (κ1) is 32.9. The molecule has 0 saturated heterocycles. The fourth-order valence-corrected chi connectivity index (χ4v) is 3.28. The molecule has 0 saturated carbocycles. The van der Waals surface area contributed by atoms with E-state index >= 15 is 0 Å². The highest BCUT2D eigenvalue weighted by molar-refractivity contribution is 5.94. The van der Waals surface area contributed by atoms with Crippen molar-refractivity contribution in [2.45, 2.75) is 57.9 Å². The number of ketones is 1. The zero-order valence-corrected chi connectivity index (χ0v) is 21.3. The fraction of sp³-hybridized carbons (Fsp3) is 0.826. The van der Waals surface area contributed by atoms with Crippen LogP contribution in [-0.2, 0) is 19.2 Å². The SMILES string of the molecule is CCCCCCNC(=O)[C@H](CC(=O)NCCNCCN)CC(=O)[C@H](N)CC(=O)NCCNCCN. The van der Waals surface area contributed by atoms with Crippen LogP contribution in [0.1, 0.15) is 51.9 Å². The van der Waals surface area contributed by atoms with Gasteiger partial charge in [-0.05, 0) is 6.42 Å². The molecule has 0 aliphatic heterocycles. The molecule has 12 nitrogen and oxygen atoms in total. The van der Waals surface area contributed by atoms with Gasteiger partial charge in [-0.1, -0.05) is 26.2 Å². The van der Waals surface area contributed by atoms with Crippen molar-refractivity contribution >= 4 is 23.5 Å². The van der Waals surface area contributed by atoms with Crippen molar-refractivity contribution < 1.29 is 19.2 Å². The Kier molecular flexibility index (Phi) is 21.0. The Morgan fingerprint density at radius 3 is 1.77 bits per heavy atom. The maximum atomic E-state index is 12.7. The molecule has 12 heteroatoms. The summed E-state index contributed by atoms with van der Waals surface area (Å²) in [4.78, 5) is 49.8. The summed E-state index contributed by atoms with van der Waals surface area (Å²) < 4.78 is 0. The zero-order valence-electron chi connectivity index (χ0n) is 21.3. The Morgan fingerprint density at radius 1 is 0.657 bits per heavy atom. The number of hydrogen-bond acceptors (Lipinski definition) is 9. The van der Waals surface area contributed by atoms with Crippen molar-refractivity contribution in [2.24, 2.45) is 23.1 Å². The summed E-state index contributed by atoms with van der Waals surface area (Å²) in [6, 6.07) is -1.05. The van der Waals surface area contributed by atoms with Crippen LogP contribution >= 0.6 is 0 Å². The third-order valence-corrected chi connectivity index (χ3v) is 5.29. The third-order valence-electron chi connectivity index (χ3n) is 5.29. The van der Waals surface area contributed by atoms with Gasteiger partial charge in [-0.2, -0.15) is 0 Å². The van der Waals surface area contributed by atoms with E-state index in [4.69, 9.17) is 17.2 Å². The maximum absolute atomic E-state index is 12.7. The van der Waals surface area contributed by atoms with Crippen molar-refractivity contribution in [1.82, 2.24) is 26.6 Å². The van der Waals surface area contributed by atoms with Crippen LogP contribution in [0.15, 0.2) is 0 Å². The Labute approximate surface area is 209 Å². The van der Waals surface area contributed by atoms with Gasteiger partial charge in [-0.15, -0.1) is 0 Å². The van der Waals surface area contributed by atoms with E-state index in [1.807, 2.05) is 0 Å². The fourth-order valence-electron chi connectivity index (χ4n) is 3.28. The number of nitrogens with two attached hydrogens (primary N) is 3. The lowest BCUT2D eigenvalue weighted by molar-refractivity contribution is -0.134. The van der Waals surface area contributed by atoms with E-state index in [0.717, 1.165) is 25.7 Å². The molecule has 0 bridgehead atoms. The highest BCUT2D eigenvalue weighted by Gasteiger charge is 2.27. The molecule has 0 aromatic carbocycles. The van der Waals surface area contributed by atoms with Crippen molar-refractivity contribution in [3.63, 3.8) is 0 Å². The van der Waals surface area contributed by atoms with Crippen molar-refractivity contribution in [3.8, 4) is 0 Å². The number of carbonyl (C=O) groups is 4. The topological polar surface area (TPSA) is 206 Å². The van der Waals surface area contributed by atoms with Gasteiger partial charge in [0.05, 0.1) is 12.0 Å². The van der Waals surface area contributed by atoms with E-state index in [1.165, 1.54) is 0 Å². The number of rotatable bonds is 23. The summed E-state index contributed by atoms with van der Waals surface area (Å²) in [5.74, 6) is -2.30. The van der Waals surface area contributed by atoms with Crippen LogP contribution < -0.4 is 43.8 Å². The molecule has 0 aliphatic carbocycles. The van der Waals surface area contributed by atoms with Crippen LogP contribution in [0.4, 0.5) is 0 Å². The van der Waals surface area contributed by atoms with E-state index in [0.29, 0.717) is 58.9 Å². The minimum absolute atomic E-state index is 0.130. The molecule has 0 rings (SSSR count). The van der Waals surface area contributed by atoms with E-state index in [2.05, 4.69) is 33.5 Å². The first-order valence-electron chi connectivity index (χ1n) is 12.8. The van der Waals surface area contributed by atoms with E-state index < -0.39 is 17.7 Å². The minimum Gasteiger partial charge on any atom is -0.356 e. The smallest absolute Gasteiger partial charge is 0.224 e. The summed E-state index contributed by atoms with van der Waals surface area (Å²) in [6.07, 6.45) is 3.48. The number of Topliss-reactive ketones (excluding diaryl/α,β-unsaturated/α-hetero) is 1. The maximum Gasteiger partial charge on any atom is 0.224 e. The van der Waals surface area contributed by atoms with Crippen molar-refractivity contribution in [2.75, 3.05) is 58.9 Å². The second kappa shape index (κ2) is 22.4. The summed E-state index contributed by atoms with van der Waals surface area (Å²) >= 11 is 0. The molecular weight excluding hydrogens is 452 g/mol. The normalized spacial score (nSPS) is 12.6. The van der Waals surface area contributed by atoms with Gasteiger partial charge in [-0.25, -0.2) is 0 Å². The Hall–Kier alpha value is -2.12. The average molecular weight is 501 g/mol. The van der Waals surface area contributed by atoms with Crippen molar-refractivity contribution in [3.05, 3.63) is 0 Å². The van der Waals surface area contributed by atoms with E-state index in [-0.39, 0.29) is 37.0 Å². The Balaban J connectivity index is 4.72. The number of nitrogens with one attached hydrogen (secondary N) is 5. The van der Waals surface area contributed by atoms with Gasteiger partial charge >= 0.3 is 0 Å². The van der Waals surface area contributed by atoms with Crippen LogP contribution in [0, 0.1) is 5.92 Å². The predicted molar refractivity (Wildman–Crippen MR) is 137 cm³/mol. The van der Waals surface area contributed by atoms with Crippen LogP contribution in [-0.4, -0.2) is 88.4 Å². The van der Waals surface area contributed by atoms with Gasteiger partial charge in [0.25, 0.3) is 0 Å². The largest absolute Gasteiger partial charge is 0.356 e. The van der Waals surface area contributed by atoms with Crippen LogP contribution in [0.3, 0.4) is 0 Å². The van der Waals surface area contributed by atoms with Crippen LogP contribution in [0.25, 0.3) is 0 Å². The van der Waals surface area contributed by atoms with Crippen LogP contribution in [0.5, 0.6) is 0 Å². The molecule has 0 heterocycles. The van der Waals surface area contributed by atoms with E-state index in [9.17, 15) is 19.2 Å². The first-order chi connectivity index (χ1) is 16.8. The lowest BCUT2D eigenvalue weighted by Gasteiger charge is -2.18. The molecule has 0 aromatic rings. The quantitative estimate of drug-likeness (QED) is 0.0708. The molecular formula is C23H48N8O4. The number of hydrogen-bond donors (Lipinski definition) is 8. The number of amides is 3. The summed E-state index contributed by atoms with van der Waals surface area (Å²) in [5.41, 5.74) is 16.7. The molecule has 35 heavy (non-hydrogen) atoms. The predicted octanol–water partition coefficient (Wildman–Crippen LogP) is -2.31. The molecule has 2 atom stereocenters. The zero-order chi connectivity index (χ0) is 26.3. The highest BCUT2D eigenvalue weighted by Crippen LogP contribution is 2.12. The highest BCUT2D eigenvalue weighted by atomic mass is 16.2. The lowest BCUT2D eigenvalue weighted by atomic mass is 9.93. The first-order valence-corrected chi connectivity index (χ1v) is 12.8. The Bertz CT molecular complexity index is 606. The number of carbonyl (C=O) groups excluding carboxylic acids is 4.